The van der Waals surface area contributed by atoms with Crippen LogP contribution in [0.5, 0.6) is 0 Å². The van der Waals surface area contributed by atoms with Gasteiger partial charge in [-0.3, -0.25) is 0 Å². The molecule has 6 heteroatoms. The molecular formula is C20H27N5O. The monoisotopic (exact) mass is 353 g/mol. The molecule has 0 fully saturated rings. The van der Waals surface area contributed by atoms with E-state index in [0.29, 0.717) is 11.7 Å². The molecule has 3 rings (SSSR count). The molecule has 0 spiro atoms. The predicted molar refractivity (Wildman–Crippen MR) is 103 cm³/mol. The number of hydrogen-bond donors (Lipinski definition) is 1. The van der Waals surface area contributed by atoms with Gasteiger partial charge >= 0.3 is 0 Å². The van der Waals surface area contributed by atoms with E-state index in [1.54, 1.807) is 0 Å². The standard InChI is InChI=1S/C20H27N5O/c1-12-8-9-13(2)17(10-12)25-15(4)16(11-21-25)22-14(3)18-23-19(24-26-18)20(5,6)7/h8-11,14,22H,1-7H3. The van der Waals surface area contributed by atoms with E-state index in [9.17, 15) is 0 Å². The Balaban J connectivity index is 1.84. The van der Waals surface area contributed by atoms with E-state index in [-0.39, 0.29) is 11.5 Å². The van der Waals surface area contributed by atoms with Crippen LogP contribution < -0.4 is 5.32 Å². The number of anilines is 1. The summed E-state index contributed by atoms with van der Waals surface area (Å²) in [5, 5.41) is 12.1. The van der Waals surface area contributed by atoms with Gasteiger partial charge in [-0.15, -0.1) is 0 Å². The predicted octanol–water partition coefficient (Wildman–Crippen LogP) is 4.65. The summed E-state index contributed by atoms with van der Waals surface area (Å²) >= 11 is 0. The van der Waals surface area contributed by atoms with Crippen molar-refractivity contribution in [2.24, 2.45) is 0 Å². The second-order valence-electron chi connectivity index (χ2n) is 7.92. The average Bonchev–Trinajstić information content (AvgIpc) is 3.18. The molecule has 138 valence electrons. The van der Waals surface area contributed by atoms with E-state index < -0.39 is 0 Å². The molecule has 1 atom stereocenters. The zero-order valence-corrected chi connectivity index (χ0v) is 16.6. The Kier molecular flexibility index (Phi) is 4.61. The highest BCUT2D eigenvalue weighted by molar-refractivity contribution is 5.52. The van der Waals surface area contributed by atoms with E-state index in [1.165, 1.54) is 11.1 Å². The van der Waals surface area contributed by atoms with E-state index in [1.807, 2.05) is 17.8 Å². The number of aryl methyl sites for hydroxylation is 2. The van der Waals surface area contributed by atoms with E-state index in [2.05, 4.69) is 80.3 Å². The van der Waals surface area contributed by atoms with Crippen LogP contribution in [0.4, 0.5) is 5.69 Å². The van der Waals surface area contributed by atoms with Crippen LogP contribution in [0.2, 0.25) is 0 Å². The highest BCUT2D eigenvalue weighted by Gasteiger charge is 2.23. The van der Waals surface area contributed by atoms with E-state index in [0.717, 1.165) is 17.1 Å². The van der Waals surface area contributed by atoms with Crippen molar-refractivity contribution < 1.29 is 4.52 Å². The number of rotatable bonds is 4. The SMILES string of the molecule is Cc1ccc(C)c(-n2ncc(NC(C)c3nc(C(C)(C)C)no3)c2C)c1. The van der Waals surface area contributed by atoms with Gasteiger partial charge < -0.3 is 9.84 Å². The maximum Gasteiger partial charge on any atom is 0.248 e. The molecule has 3 aromatic rings. The summed E-state index contributed by atoms with van der Waals surface area (Å²) in [5.74, 6) is 1.29. The molecule has 1 N–H and O–H groups in total. The normalized spacial score (nSPS) is 13.0. The molecule has 2 heterocycles. The summed E-state index contributed by atoms with van der Waals surface area (Å²) in [4.78, 5) is 4.53. The lowest BCUT2D eigenvalue weighted by Crippen LogP contribution is -2.14. The van der Waals surface area contributed by atoms with Crippen LogP contribution in [0.15, 0.2) is 28.9 Å². The lowest BCUT2D eigenvalue weighted by Gasteiger charge is -2.13. The Labute approximate surface area is 154 Å². The quantitative estimate of drug-likeness (QED) is 0.739. The van der Waals surface area contributed by atoms with Crippen molar-refractivity contribution in [3.63, 3.8) is 0 Å². The number of benzene rings is 1. The number of aromatic nitrogens is 4. The van der Waals surface area contributed by atoms with Gasteiger partial charge in [0.05, 0.1) is 23.3 Å². The molecule has 26 heavy (non-hydrogen) atoms. The molecule has 0 bridgehead atoms. The average molecular weight is 353 g/mol. The molecule has 0 aliphatic heterocycles. The van der Waals surface area contributed by atoms with Gasteiger partial charge in [0, 0.05) is 5.41 Å². The molecule has 2 aromatic heterocycles. The summed E-state index contributed by atoms with van der Waals surface area (Å²) in [6, 6.07) is 6.28. The minimum Gasteiger partial charge on any atom is -0.371 e. The molecule has 0 aliphatic rings. The fraction of sp³-hybridized carbons (Fsp3) is 0.450. The molecular weight excluding hydrogens is 326 g/mol. The van der Waals surface area contributed by atoms with Crippen molar-refractivity contribution in [3.8, 4) is 5.69 Å². The van der Waals surface area contributed by atoms with Crippen LogP contribution in [-0.4, -0.2) is 19.9 Å². The van der Waals surface area contributed by atoms with Crippen molar-refractivity contribution in [1.29, 1.82) is 0 Å². The summed E-state index contributed by atoms with van der Waals surface area (Å²) in [5.41, 5.74) is 5.36. The Morgan fingerprint density at radius 1 is 1.15 bits per heavy atom. The molecule has 0 amide bonds. The topological polar surface area (TPSA) is 68.8 Å². The van der Waals surface area contributed by atoms with Gasteiger partial charge in [0.25, 0.3) is 0 Å². The summed E-state index contributed by atoms with van der Waals surface area (Å²) < 4.78 is 7.40. The van der Waals surface area contributed by atoms with Gasteiger partial charge in [-0.05, 0) is 44.9 Å². The first-order chi connectivity index (χ1) is 12.2. The Hall–Kier alpha value is -2.63. The fourth-order valence-electron chi connectivity index (χ4n) is 2.75. The molecule has 1 aromatic carbocycles. The minimum absolute atomic E-state index is 0.103. The van der Waals surface area contributed by atoms with E-state index in [4.69, 9.17) is 4.52 Å². The first-order valence-electron chi connectivity index (χ1n) is 8.89. The second-order valence-corrected chi connectivity index (χ2v) is 7.92. The fourth-order valence-corrected chi connectivity index (χ4v) is 2.75. The smallest absolute Gasteiger partial charge is 0.248 e. The minimum atomic E-state index is -0.134. The van der Waals surface area contributed by atoms with E-state index >= 15 is 0 Å². The van der Waals surface area contributed by atoms with Crippen molar-refractivity contribution in [2.45, 2.75) is 59.9 Å². The summed E-state index contributed by atoms with van der Waals surface area (Å²) in [7, 11) is 0. The maximum atomic E-state index is 5.44. The van der Waals surface area contributed by atoms with Crippen LogP contribution in [0.3, 0.4) is 0 Å². The molecule has 0 saturated carbocycles. The molecule has 6 nitrogen and oxygen atoms in total. The Morgan fingerprint density at radius 3 is 2.54 bits per heavy atom. The van der Waals surface area contributed by atoms with Gasteiger partial charge in [0.15, 0.2) is 5.82 Å². The molecule has 0 radical (unpaired) electrons. The highest BCUT2D eigenvalue weighted by Crippen LogP contribution is 2.26. The first kappa shape index (κ1) is 18.2. The largest absolute Gasteiger partial charge is 0.371 e. The van der Waals surface area contributed by atoms with Crippen molar-refractivity contribution in [3.05, 3.63) is 52.9 Å². The van der Waals surface area contributed by atoms with Crippen LogP contribution in [0, 0.1) is 20.8 Å². The summed E-state index contributed by atoms with van der Waals surface area (Å²) in [6.45, 7) is 14.4. The van der Waals surface area contributed by atoms with Crippen molar-refractivity contribution >= 4 is 5.69 Å². The Morgan fingerprint density at radius 2 is 1.88 bits per heavy atom. The van der Waals surface area contributed by atoms with Gasteiger partial charge in [0.2, 0.25) is 5.89 Å². The van der Waals surface area contributed by atoms with Gasteiger partial charge in [-0.2, -0.15) is 10.1 Å². The lowest BCUT2D eigenvalue weighted by molar-refractivity contribution is 0.354. The van der Waals surface area contributed by atoms with Crippen LogP contribution in [0.1, 0.15) is 62.3 Å². The number of hydrogen-bond acceptors (Lipinski definition) is 5. The van der Waals surface area contributed by atoms with Crippen molar-refractivity contribution in [2.75, 3.05) is 5.32 Å². The van der Waals surface area contributed by atoms with Gasteiger partial charge in [0.1, 0.15) is 6.04 Å². The third kappa shape index (κ3) is 3.49. The van der Waals surface area contributed by atoms with Gasteiger partial charge in [-0.25, -0.2) is 4.68 Å². The number of nitrogens with zero attached hydrogens (tertiary/aromatic N) is 4. The number of nitrogens with one attached hydrogen (secondary N) is 1. The third-order valence-corrected chi connectivity index (χ3v) is 4.46. The van der Waals surface area contributed by atoms with Crippen LogP contribution in [0.25, 0.3) is 5.69 Å². The van der Waals surface area contributed by atoms with Crippen LogP contribution in [-0.2, 0) is 5.41 Å². The Bertz CT molecular complexity index is 917. The van der Waals surface area contributed by atoms with Crippen molar-refractivity contribution in [1.82, 2.24) is 19.9 Å². The molecule has 1 unspecified atom stereocenters. The molecule has 0 aliphatic carbocycles. The second kappa shape index (κ2) is 6.59. The maximum absolute atomic E-state index is 5.44. The van der Waals surface area contributed by atoms with Crippen LogP contribution >= 0.6 is 0 Å². The molecule has 0 saturated heterocycles. The zero-order valence-electron chi connectivity index (χ0n) is 16.6. The highest BCUT2D eigenvalue weighted by atomic mass is 16.5. The first-order valence-corrected chi connectivity index (χ1v) is 8.89. The third-order valence-electron chi connectivity index (χ3n) is 4.46. The summed E-state index contributed by atoms with van der Waals surface area (Å²) in [6.07, 6.45) is 1.84. The van der Waals surface area contributed by atoms with Gasteiger partial charge in [-0.1, -0.05) is 38.1 Å². The lowest BCUT2D eigenvalue weighted by atomic mass is 9.96. The zero-order chi connectivity index (χ0) is 19.1.